The summed E-state index contributed by atoms with van der Waals surface area (Å²) >= 11 is 6.97. The molecule has 10 heteroatoms. The smallest absolute Gasteiger partial charge is 0.338 e. The predicted molar refractivity (Wildman–Crippen MR) is 109 cm³/mol. The number of hydrogen-bond acceptors (Lipinski definition) is 4. The third kappa shape index (κ3) is 4.00. The van der Waals surface area contributed by atoms with Crippen LogP contribution in [0.1, 0.15) is 35.6 Å². The summed E-state index contributed by atoms with van der Waals surface area (Å²) in [6.07, 6.45) is -0.774. The van der Waals surface area contributed by atoms with Crippen LogP contribution < -0.4 is 0 Å². The van der Waals surface area contributed by atoms with Gasteiger partial charge in [-0.2, -0.15) is 13.2 Å². The van der Waals surface area contributed by atoms with Crippen LogP contribution in [0.15, 0.2) is 41.7 Å². The number of fused-ring (bicyclic) bond motifs is 2. The van der Waals surface area contributed by atoms with Crippen LogP contribution in [0.25, 0.3) is 5.65 Å². The molecule has 1 amide bonds. The van der Waals surface area contributed by atoms with Gasteiger partial charge in [0.05, 0.1) is 22.4 Å². The highest BCUT2D eigenvalue weighted by Gasteiger charge is 2.32. The number of benzene rings is 1. The molecule has 0 fully saturated rings. The first-order valence-corrected chi connectivity index (χ1v) is 10.7. The first-order chi connectivity index (χ1) is 14.3. The van der Waals surface area contributed by atoms with Crippen molar-refractivity contribution >= 4 is 34.9 Å². The fourth-order valence-electron chi connectivity index (χ4n) is 3.72. The maximum Gasteiger partial charge on any atom is 0.417 e. The molecule has 0 aliphatic heterocycles. The van der Waals surface area contributed by atoms with Crippen LogP contribution in [-0.2, 0) is 17.4 Å². The quantitative estimate of drug-likeness (QED) is 0.519. The highest BCUT2D eigenvalue weighted by Crippen LogP contribution is 2.35. The molecular formula is C20H18ClF3N4OS. The molecule has 1 aliphatic rings. The molecule has 0 saturated heterocycles. The molecule has 1 aromatic carbocycles. The number of rotatable bonds is 4. The van der Waals surface area contributed by atoms with E-state index in [2.05, 4.69) is 16.3 Å². The fourth-order valence-corrected chi connectivity index (χ4v) is 4.80. The van der Waals surface area contributed by atoms with Gasteiger partial charge in [-0.1, -0.05) is 47.6 Å². The lowest BCUT2D eigenvalue weighted by molar-refractivity contribution is -0.138. The van der Waals surface area contributed by atoms with E-state index in [9.17, 15) is 18.0 Å². The normalized spacial score (nSPS) is 16.5. The molecular weight excluding hydrogens is 437 g/mol. The Bertz CT molecular complexity index is 1100. The molecule has 0 bridgehead atoms. The summed E-state index contributed by atoms with van der Waals surface area (Å²) in [7, 11) is 1.76. The van der Waals surface area contributed by atoms with Crippen molar-refractivity contribution in [2.45, 2.75) is 36.6 Å². The van der Waals surface area contributed by atoms with Gasteiger partial charge in [-0.3, -0.25) is 9.20 Å². The topological polar surface area (TPSA) is 50.5 Å². The van der Waals surface area contributed by atoms with Crippen molar-refractivity contribution in [3.63, 3.8) is 0 Å². The van der Waals surface area contributed by atoms with Crippen molar-refractivity contribution in [2.24, 2.45) is 0 Å². The first kappa shape index (κ1) is 21.0. The van der Waals surface area contributed by atoms with Crippen LogP contribution in [0, 0.1) is 0 Å². The molecule has 4 rings (SSSR count). The SMILES string of the molecule is CN(C(=O)CSc1nnc2c(Cl)cc(C(F)(F)F)cn12)C1CCCc2ccccc21. The molecule has 1 unspecified atom stereocenters. The monoisotopic (exact) mass is 454 g/mol. The second kappa shape index (κ2) is 8.11. The van der Waals surface area contributed by atoms with E-state index in [0.29, 0.717) is 0 Å². The molecule has 0 spiro atoms. The third-order valence-corrected chi connectivity index (χ3v) is 6.49. The molecule has 0 N–H and O–H groups in total. The molecule has 2 heterocycles. The highest BCUT2D eigenvalue weighted by molar-refractivity contribution is 7.99. The zero-order valence-electron chi connectivity index (χ0n) is 16.0. The maximum atomic E-state index is 13.1. The zero-order valence-corrected chi connectivity index (χ0v) is 17.6. The van der Waals surface area contributed by atoms with Crippen LogP contribution in [0.2, 0.25) is 5.02 Å². The van der Waals surface area contributed by atoms with E-state index < -0.39 is 11.7 Å². The second-order valence-electron chi connectivity index (χ2n) is 7.15. The summed E-state index contributed by atoms with van der Waals surface area (Å²) in [6, 6.07) is 8.90. The van der Waals surface area contributed by atoms with Gasteiger partial charge in [-0.05, 0) is 36.5 Å². The Balaban J connectivity index is 1.52. The van der Waals surface area contributed by atoms with Gasteiger partial charge < -0.3 is 4.90 Å². The molecule has 1 atom stereocenters. The highest BCUT2D eigenvalue weighted by atomic mass is 35.5. The molecule has 3 aromatic rings. The van der Waals surface area contributed by atoms with Crippen LogP contribution in [0.3, 0.4) is 0 Å². The van der Waals surface area contributed by atoms with Crippen molar-refractivity contribution in [1.29, 1.82) is 0 Å². The molecule has 158 valence electrons. The average molecular weight is 455 g/mol. The van der Waals surface area contributed by atoms with Gasteiger partial charge in [0.15, 0.2) is 10.8 Å². The number of nitrogens with zero attached hydrogens (tertiary/aromatic N) is 4. The molecule has 0 saturated carbocycles. The van der Waals surface area contributed by atoms with Gasteiger partial charge in [0.25, 0.3) is 0 Å². The fraction of sp³-hybridized carbons (Fsp3) is 0.350. The van der Waals surface area contributed by atoms with E-state index in [1.807, 2.05) is 18.2 Å². The molecule has 1 aliphatic carbocycles. The minimum atomic E-state index is -4.55. The minimum absolute atomic E-state index is 0.00975. The number of aryl methyl sites for hydroxylation is 1. The largest absolute Gasteiger partial charge is 0.417 e. The summed E-state index contributed by atoms with van der Waals surface area (Å²) in [6.45, 7) is 0. The molecule has 5 nitrogen and oxygen atoms in total. The van der Waals surface area contributed by atoms with E-state index in [4.69, 9.17) is 11.6 Å². The lowest BCUT2D eigenvalue weighted by Crippen LogP contribution is -2.34. The number of carbonyl (C=O) groups is 1. The Kier molecular flexibility index (Phi) is 5.67. The van der Waals surface area contributed by atoms with E-state index >= 15 is 0 Å². The Morgan fingerprint density at radius 1 is 1.33 bits per heavy atom. The van der Waals surface area contributed by atoms with Crippen LogP contribution >= 0.6 is 23.4 Å². The lowest BCUT2D eigenvalue weighted by Gasteiger charge is -2.33. The zero-order chi connectivity index (χ0) is 21.5. The average Bonchev–Trinajstić information content (AvgIpc) is 3.14. The van der Waals surface area contributed by atoms with Gasteiger partial charge >= 0.3 is 6.18 Å². The van der Waals surface area contributed by atoms with E-state index in [-0.39, 0.29) is 33.5 Å². The standard InChI is InChI=1S/C20H18ClF3N4OS/c1-27(16-8-4-6-12-5-2-3-7-14(12)16)17(29)11-30-19-26-25-18-15(21)9-13(10-28(18)19)20(22,23)24/h2-3,5,7,9-10,16H,4,6,8,11H2,1H3. The summed E-state index contributed by atoms with van der Waals surface area (Å²) in [5.74, 6) is -0.0966. The van der Waals surface area contributed by atoms with Gasteiger partial charge in [0, 0.05) is 13.2 Å². The van der Waals surface area contributed by atoms with Crippen molar-refractivity contribution in [3.8, 4) is 0 Å². The van der Waals surface area contributed by atoms with Gasteiger partial charge in [-0.15, -0.1) is 10.2 Å². The van der Waals surface area contributed by atoms with Crippen molar-refractivity contribution in [2.75, 3.05) is 12.8 Å². The molecule has 30 heavy (non-hydrogen) atoms. The number of carbonyl (C=O) groups excluding carboxylic acids is 1. The third-order valence-electron chi connectivity index (χ3n) is 5.28. The number of halogens is 4. The molecule has 2 aromatic heterocycles. The van der Waals surface area contributed by atoms with Crippen LogP contribution in [0.5, 0.6) is 0 Å². The Hall–Kier alpha value is -2.26. The number of aromatic nitrogens is 3. The number of amides is 1. The Morgan fingerprint density at radius 3 is 2.87 bits per heavy atom. The predicted octanol–water partition coefficient (Wildman–Crippen LogP) is 5.03. The van der Waals surface area contributed by atoms with Crippen LogP contribution in [-0.4, -0.2) is 38.2 Å². The van der Waals surface area contributed by atoms with Crippen molar-refractivity contribution in [1.82, 2.24) is 19.5 Å². The van der Waals surface area contributed by atoms with Crippen molar-refractivity contribution < 1.29 is 18.0 Å². The van der Waals surface area contributed by atoms with Gasteiger partial charge in [-0.25, -0.2) is 0 Å². The van der Waals surface area contributed by atoms with E-state index in [0.717, 1.165) is 48.9 Å². The van der Waals surface area contributed by atoms with Crippen LogP contribution in [0.4, 0.5) is 13.2 Å². The van der Waals surface area contributed by atoms with Crippen molar-refractivity contribution in [3.05, 3.63) is 58.2 Å². The Labute approximate surface area is 180 Å². The number of thioether (sulfide) groups is 1. The van der Waals surface area contributed by atoms with E-state index in [1.165, 1.54) is 9.96 Å². The first-order valence-electron chi connectivity index (χ1n) is 9.33. The summed E-state index contributed by atoms with van der Waals surface area (Å²) in [5, 5.41) is 7.80. The lowest BCUT2D eigenvalue weighted by atomic mass is 9.87. The maximum absolute atomic E-state index is 13.1. The summed E-state index contributed by atoms with van der Waals surface area (Å²) in [4.78, 5) is 14.5. The summed E-state index contributed by atoms with van der Waals surface area (Å²) < 4.78 is 40.5. The minimum Gasteiger partial charge on any atom is -0.338 e. The summed E-state index contributed by atoms with van der Waals surface area (Å²) in [5.41, 5.74) is 1.62. The van der Waals surface area contributed by atoms with E-state index in [1.54, 1.807) is 11.9 Å². The number of alkyl halides is 3. The van der Waals surface area contributed by atoms with Gasteiger partial charge in [0.2, 0.25) is 5.91 Å². The molecule has 0 radical (unpaired) electrons. The number of hydrogen-bond donors (Lipinski definition) is 0. The van der Waals surface area contributed by atoms with Gasteiger partial charge in [0.1, 0.15) is 0 Å². The second-order valence-corrected chi connectivity index (χ2v) is 8.50. The number of pyridine rings is 1. The Morgan fingerprint density at radius 2 is 2.10 bits per heavy atom.